The van der Waals surface area contributed by atoms with Crippen molar-refractivity contribution in [3.05, 3.63) is 200 Å². The zero-order valence-electron chi connectivity index (χ0n) is 33.6. The normalized spacial score (nSPS) is 12.1. The van der Waals surface area contributed by atoms with Crippen molar-refractivity contribution in [3.63, 3.8) is 0 Å². The van der Waals surface area contributed by atoms with Gasteiger partial charge in [-0.15, -0.1) is 10.2 Å². The van der Waals surface area contributed by atoms with Gasteiger partial charge < -0.3 is 18.0 Å². The Morgan fingerprint density at radius 2 is 0.857 bits per heavy atom. The summed E-state index contributed by atoms with van der Waals surface area (Å²) < 4.78 is 20.0. The van der Waals surface area contributed by atoms with Crippen LogP contribution >= 0.6 is 0 Å². The summed E-state index contributed by atoms with van der Waals surface area (Å²) >= 11 is 0. The summed E-state index contributed by atoms with van der Waals surface area (Å²) in [5, 5.41) is 18.5. The van der Waals surface area contributed by atoms with Crippen molar-refractivity contribution in [3.8, 4) is 39.8 Å². The van der Waals surface area contributed by atoms with Gasteiger partial charge in [0.15, 0.2) is 11.6 Å². The number of fused-ring (bicyclic) bond motifs is 13. The molecule has 0 fully saturated rings. The first-order chi connectivity index (χ1) is 31.2. The van der Waals surface area contributed by atoms with Gasteiger partial charge in [0, 0.05) is 65.9 Å². The molecular formula is C56H33N5O2. The van der Waals surface area contributed by atoms with E-state index in [0.29, 0.717) is 0 Å². The Morgan fingerprint density at radius 1 is 0.302 bits per heavy atom. The standard InChI is InChI=1S/C56H33N5O2/c1-3-13-34(14-4-1)55-57-58-56(61(55)36-15-5-2-6-16-36)35-23-27-48-43(31-35)39-17-7-10-20-46(39)59(48)37-24-29-51-44(32-37)45-33-38(25-30-52(45)62-51)60-47-21-11-8-19-42(47)53-49(60)28-26-41-40-18-9-12-22-50(40)63-54(41)53/h1-33H. The van der Waals surface area contributed by atoms with Gasteiger partial charge in [-0.25, -0.2) is 0 Å². The van der Waals surface area contributed by atoms with Gasteiger partial charge in [0.05, 0.1) is 27.5 Å². The van der Waals surface area contributed by atoms with Gasteiger partial charge in [-0.1, -0.05) is 103 Å². The average Bonchev–Trinajstić information content (AvgIpc) is 4.17. The van der Waals surface area contributed by atoms with Crippen LogP contribution in [0.15, 0.2) is 209 Å². The number of hydrogen-bond donors (Lipinski definition) is 0. The van der Waals surface area contributed by atoms with Crippen LogP contribution in [0, 0.1) is 0 Å². The molecule has 7 heteroatoms. The maximum atomic E-state index is 6.58. The average molecular weight is 808 g/mol. The summed E-state index contributed by atoms with van der Waals surface area (Å²) in [6, 6.07) is 70.2. The van der Waals surface area contributed by atoms with Crippen LogP contribution in [0.2, 0.25) is 0 Å². The van der Waals surface area contributed by atoms with Crippen molar-refractivity contribution in [2.24, 2.45) is 0 Å². The Labute approximate surface area is 358 Å². The molecule has 0 aliphatic carbocycles. The largest absolute Gasteiger partial charge is 0.456 e. The van der Waals surface area contributed by atoms with Gasteiger partial charge in [-0.2, -0.15) is 0 Å². The molecule has 0 N–H and O–H groups in total. The summed E-state index contributed by atoms with van der Waals surface area (Å²) in [6.07, 6.45) is 0. The topological polar surface area (TPSA) is 66.8 Å². The molecule has 0 amide bonds. The lowest BCUT2D eigenvalue weighted by atomic mass is 10.1. The maximum absolute atomic E-state index is 6.58. The summed E-state index contributed by atoms with van der Waals surface area (Å²) in [5.41, 5.74) is 13.0. The molecule has 9 aromatic carbocycles. The van der Waals surface area contributed by atoms with Crippen molar-refractivity contribution < 1.29 is 8.83 Å². The molecule has 0 spiro atoms. The van der Waals surface area contributed by atoms with E-state index in [1.165, 1.54) is 0 Å². The van der Waals surface area contributed by atoms with Crippen LogP contribution in [0.4, 0.5) is 0 Å². The van der Waals surface area contributed by atoms with E-state index in [1.807, 2.05) is 36.4 Å². The van der Waals surface area contributed by atoms with Crippen LogP contribution in [0.25, 0.3) is 127 Å². The van der Waals surface area contributed by atoms with Crippen molar-refractivity contribution in [1.29, 1.82) is 0 Å². The smallest absolute Gasteiger partial charge is 0.168 e. The third kappa shape index (κ3) is 4.90. The zero-order chi connectivity index (χ0) is 41.2. The highest BCUT2D eigenvalue weighted by Gasteiger charge is 2.22. The zero-order valence-corrected chi connectivity index (χ0v) is 33.6. The summed E-state index contributed by atoms with van der Waals surface area (Å²) in [5.74, 6) is 1.58. The highest BCUT2D eigenvalue weighted by Crippen LogP contribution is 2.42. The van der Waals surface area contributed by atoms with Crippen molar-refractivity contribution in [2.45, 2.75) is 0 Å². The molecular weight excluding hydrogens is 775 g/mol. The van der Waals surface area contributed by atoms with Crippen molar-refractivity contribution in [1.82, 2.24) is 23.9 Å². The summed E-state index contributed by atoms with van der Waals surface area (Å²) in [4.78, 5) is 0. The molecule has 14 aromatic rings. The Kier molecular flexibility index (Phi) is 6.98. The fourth-order valence-electron chi connectivity index (χ4n) is 10.0. The SMILES string of the molecule is c1ccc(-c2nnc(-c3ccc4c(c3)c3ccccc3n4-c3ccc4oc5ccc(-n6c7ccccc7c7c8oc9ccccc9c8ccc76)cc5c4c3)n2-c2ccccc2)cc1. The lowest BCUT2D eigenvalue weighted by Gasteiger charge is -2.11. The molecule has 0 bridgehead atoms. The molecule has 14 rings (SSSR count). The van der Waals surface area contributed by atoms with Gasteiger partial charge in [0.2, 0.25) is 0 Å². The number of aromatic nitrogens is 5. The van der Waals surface area contributed by atoms with Crippen molar-refractivity contribution in [2.75, 3.05) is 0 Å². The molecule has 0 radical (unpaired) electrons. The molecule has 5 aromatic heterocycles. The Hall–Kier alpha value is -8.68. The molecule has 7 nitrogen and oxygen atoms in total. The molecule has 0 saturated carbocycles. The minimum absolute atomic E-state index is 0.783. The minimum Gasteiger partial charge on any atom is -0.456 e. The van der Waals surface area contributed by atoms with Gasteiger partial charge in [-0.3, -0.25) is 4.57 Å². The third-order valence-corrected chi connectivity index (χ3v) is 12.8. The first kappa shape index (κ1) is 34.1. The molecule has 0 aliphatic rings. The van der Waals surface area contributed by atoms with Crippen LogP contribution in [0.1, 0.15) is 0 Å². The number of nitrogens with zero attached hydrogens (tertiary/aromatic N) is 5. The molecule has 0 saturated heterocycles. The summed E-state index contributed by atoms with van der Waals surface area (Å²) in [7, 11) is 0. The Morgan fingerprint density at radius 3 is 1.60 bits per heavy atom. The van der Waals surface area contributed by atoms with Gasteiger partial charge in [-0.05, 0) is 97.1 Å². The lowest BCUT2D eigenvalue weighted by Crippen LogP contribution is -2.00. The number of para-hydroxylation sites is 4. The molecule has 63 heavy (non-hydrogen) atoms. The first-order valence-electron chi connectivity index (χ1n) is 21.2. The van der Waals surface area contributed by atoms with E-state index in [9.17, 15) is 0 Å². The molecule has 0 unspecified atom stereocenters. The second-order valence-corrected chi connectivity index (χ2v) is 16.2. The predicted molar refractivity (Wildman–Crippen MR) is 255 cm³/mol. The Balaban J connectivity index is 0.941. The number of rotatable bonds is 5. The molecule has 0 aliphatic heterocycles. The van der Waals surface area contributed by atoms with Crippen LogP contribution in [0.5, 0.6) is 0 Å². The summed E-state index contributed by atoms with van der Waals surface area (Å²) in [6.45, 7) is 0. The first-order valence-corrected chi connectivity index (χ1v) is 21.2. The van der Waals surface area contributed by atoms with E-state index in [1.54, 1.807) is 0 Å². The second-order valence-electron chi connectivity index (χ2n) is 16.2. The van der Waals surface area contributed by atoms with E-state index >= 15 is 0 Å². The maximum Gasteiger partial charge on any atom is 0.168 e. The Bertz CT molecular complexity index is 4150. The fraction of sp³-hybridized carbons (Fsp3) is 0. The van der Waals surface area contributed by atoms with Crippen LogP contribution in [-0.2, 0) is 0 Å². The van der Waals surface area contributed by atoms with E-state index in [4.69, 9.17) is 19.0 Å². The molecule has 5 heterocycles. The lowest BCUT2D eigenvalue weighted by molar-refractivity contribution is 0.668. The molecule has 0 atom stereocenters. The van der Waals surface area contributed by atoms with Crippen LogP contribution < -0.4 is 0 Å². The quantitative estimate of drug-likeness (QED) is 0.174. The highest BCUT2D eigenvalue weighted by molar-refractivity contribution is 6.24. The van der Waals surface area contributed by atoms with Crippen LogP contribution in [0.3, 0.4) is 0 Å². The van der Waals surface area contributed by atoms with E-state index < -0.39 is 0 Å². The van der Waals surface area contributed by atoms with Gasteiger partial charge in [0.25, 0.3) is 0 Å². The minimum atomic E-state index is 0.783. The number of hydrogen-bond acceptors (Lipinski definition) is 4. The predicted octanol–water partition coefficient (Wildman–Crippen LogP) is 14.6. The van der Waals surface area contributed by atoms with E-state index in [-0.39, 0.29) is 0 Å². The van der Waals surface area contributed by atoms with Gasteiger partial charge >= 0.3 is 0 Å². The fourth-order valence-corrected chi connectivity index (χ4v) is 10.0. The number of benzene rings is 9. The third-order valence-electron chi connectivity index (χ3n) is 12.8. The van der Waals surface area contributed by atoms with E-state index in [2.05, 4.69) is 177 Å². The monoisotopic (exact) mass is 807 g/mol. The van der Waals surface area contributed by atoms with Crippen molar-refractivity contribution >= 4 is 87.5 Å². The highest BCUT2D eigenvalue weighted by atomic mass is 16.3. The van der Waals surface area contributed by atoms with Crippen LogP contribution in [-0.4, -0.2) is 23.9 Å². The van der Waals surface area contributed by atoms with Gasteiger partial charge in [0.1, 0.15) is 22.3 Å². The number of furan rings is 2. The molecule has 294 valence electrons. The second kappa shape index (κ2) is 12.9. The van der Waals surface area contributed by atoms with E-state index in [0.717, 1.165) is 127 Å².